The highest BCUT2D eigenvalue weighted by molar-refractivity contribution is 6.31. The summed E-state index contributed by atoms with van der Waals surface area (Å²) in [6, 6.07) is 7.81. The smallest absolute Gasteiger partial charge is 0.416 e. The van der Waals surface area contributed by atoms with Gasteiger partial charge in [0, 0.05) is 5.02 Å². The molecule has 1 amide bonds. The van der Waals surface area contributed by atoms with Gasteiger partial charge in [-0.05, 0) is 48.9 Å². The maximum atomic E-state index is 13.0. The standard InChI is InChI=1S/C18H14ClF3N4O2/c1-11-6-13(3-4-14(11)19)28-8-17(27)25-15-7-12(18(20,21)22)2-5-16(15)26-10-23-9-24-26/h2-7,9-10H,8H2,1H3,(H,25,27). The topological polar surface area (TPSA) is 69.0 Å². The monoisotopic (exact) mass is 410 g/mol. The third-order valence-electron chi connectivity index (χ3n) is 3.76. The molecule has 0 aliphatic rings. The van der Waals surface area contributed by atoms with Crippen LogP contribution in [0.5, 0.6) is 5.75 Å². The summed E-state index contributed by atoms with van der Waals surface area (Å²) in [5.74, 6) is -0.217. The van der Waals surface area contributed by atoms with Gasteiger partial charge in [-0.2, -0.15) is 18.3 Å². The van der Waals surface area contributed by atoms with Crippen LogP contribution in [-0.2, 0) is 11.0 Å². The Balaban J connectivity index is 1.79. The molecule has 0 fully saturated rings. The van der Waals surface area contributed by atoms with E-state index in [0.29, 0.717) is 10.8 Å². The van der Waals surface area contributed by atoms with Crippen LogP contribution in [0.3, 0.4) is 0 Å². The Hall–Kier alpha value is -3.07. The Labute approximate surface area is 162 Å². The van der Waals surface area contributed by atoms with Crippen molar-refractivity contribution < 1.29 is 22.7 Å². The second kappa shape index (κ2) is 7.89. The number of carbonyl (C=O) groups is 1. The van der Waals surface area contributed by atoms with Gasteiger partial charge < -0.3 is 10.1 Å². The van der Waals surface area contributed by atoms with E-state index in [-0.39, 0.29) is 11.4 Å². The lowest BCUT2D eigenvalue weighted by atomic mass is 10.1. The van der Waals surface area contributed by atoms with Gasteiger partial charge in [-0.25, -0.2) is 9.67 Å². The van der Waals surface area contributed by atoms with Gasteiger partial charge >= 0.3 is 6.18 Å². The Morgan fingerprint density at radius 3 is 2.68 bits per heavy atom. The molecule has 3 rings (SSSR count). The molecule has 10 heteroatoms. The molecule has 28 heavy (non-hydrogen) atoms. The van der Waals surface area contributed by atoms with Crippen LogP contribution in [0.1, 0.15) is 11.1 Å². The minimum Gasteiger partial charge on any atom is -0.484 e. The fourth-order valence-corrected chi connectivity index (χ4v) is 2.50. The summed E-state index contributed by atoms with van der Waals surface area (Å²) in [5.41, 5.74) is 0.0363. The van der Waals surface area contributed by atoms with Gasteiger partial charge in [0.2, 0.25) is 0 Å². The Morgan fingerprint density at radius 2 is 2.04 bits per heavy atom. The van der Waals surface area contributed by atoms with Gasteiger partial charge in [0.1, 0.15) is 18.4 Å². The zero-order valence-corrected chi connectivity index (χ0v) is 15.3. The quantitative estimate of drug-likeness (QED) is 0.682. The molecule has 0 atom stereocenters. The number of nitrogens with one attached hydrogen (secondary N) is 1. The van der Waals surface area contributed by atoms with Crippen LogP contribution in [0.15, 0.2) is 49.1 Å². The van der Waals surface area contributed by atoms with E-state index in [1.165, 1.54) is 23.4 Å². The maximum absolute atomic E-state index is 13.0. The van der Waals surface area contributed by atoms with Crippen LogP contribution in [-0.4, -0.2) is 27.3 Å². The number of nitrogens with zero attached hydrogens (tertiary/aromatic N) is 3. The predicted octanol–water partition coefficient (Wildman–Crippen LogP) is 4.27. The van der Waals surface area contributed by atoms with Crippen LogP contribution in [0.25, 0.3) is 5.69 Å². The van der Waals surface area contributed by atoms with Crippen LogP contribution in [0, 0.1) is 6.92 Å². The fourth-order valence-electron chi connectivity index (χ4n) is 2.39. The number of hydrogen-bond donors (Lipinski definition) is 1. The van der Waals surface area contributed by atoms with Crippen molar-refractivity contribution in [2.75, 3.05) is 11.9 Å². The zero-order valence-electron chi connectivity index (χ0n) is 14.5. The number of aryl methyl sites for hydroxylation is 1. The van der Waals surface area contributed by atoms with E-state index in [1.54, 1.807) is 25.1 Å². The number of amides is 1. The molecule has 0 aliphatic carbocycles. The third-order valence-corrected chi connectivity index (χ3v) is 4.19. The summed E-state index contributed by atoms with van der Waals surface area (Å²) < 4.78 is 45.7. The molecule has 6 nitrogen and oxygen atoms in total. The molecule has 0 saturated heterocycles. The van der Waals surface area contributed by atoms with E-state index in [4.69, 9.17) is 16.3 Å². The van der Waals surface area contributed by atoms with Crippen molar-refractivity contribution in [3.05, 3.63) is 65.2 Å². The lowest BCUT2D eigenvalue weighted by molar-refractivity contribution is -0.137. The average Bonchev–Trinajstić information content (AvgIpc) is 3.16. The first-order valence-corrected chi connectivity index (χ1v) is 8.37. The van der Waals surface area contributed by atoms with Gasteiger partial charge in [0.15, 0.2) is 6.61 Å². The van der Waals surface area contributed by atoms with Crippen molar-refractivity contribution in [1.82, 2.24) is 14.8 Å². The first-order valence-electron chi connectivity index (χ1n) is 7.99. The van der Waals surface area contributed by atoms with E-state index in [1.807, 2.05) is 0 Å². The minimum atomic E-state index is -4.56. The van der Waals surface area contributed by atoms with Gasteiger partial charge in [-0.3, -0.25) is 4.79 Å². The van der Waals surface area contributed by atoms with Gasteiger partial charge in [-0.1, -0.05) is 11.6 Å². The summed E-state index contributed by atoms with van der Waals surface area (Å²) in [6.07, 6.45) is -2.02. The Kier molecular flexibility index (Phi) is 5.55. The van der Waals surface area contributed by atoms with Crippen LogP contribution < -0.4 is 10.1 Å². The van der Waals surface area contributed by atoms with E-state index < -0.39 is 24.3 Å². The normalized spacial score (nSPS) is 11.3. The first kappa shape index (κ1) is 19.7. The third kappa shape index (κ3) is 4.61. The van der Waals surface area contributed by atoms with E-state index in [0.717, 1.165) is 17.7 Å². The van der Waals surface area contributed by atoms with Crippen molar-refractivity contribution in [1.29, 1.82) is 0 Å². The molecule has 3 aromatic rings. The number of rotatable bonds is 5. The summed E-state index contributed by atoms with van der Waals surface area (Å²) in [6.45, 7) is 1.39. The molecule has 146 valence electrons. The molecule has 0 saturated carbocycles. The van der Waals surface area contributed by atoms with Crippen molar-refractivity contribution in [3.63, 3.8) is 0 Å². The molecule has 0 radical (unpaired) electrons. The number of aromatic nitrogens is 3. The van der Waals surface area contributed by atoms with Crippen molar-refractivity contribution in [3.8, 4) is 11.4 Å². The second-order valence-electron chi connectivity index (χ2n) is 5.82. The molecule has 1 heterocycles. The van der Waals surface area contributed by atoms with Crippen molar-refractivity contribution >= 4 is 23.2 Å². The van der Waals surface area contributed by atoms with Crippen LogP contribution >= 0.6 is 11.6 Å². The molecule has 0 aliphatic heterocycles. The van der Waals surface area contributed by atoms with Crippen molar-refractivity contribution in [2.24, 2.45) is 0 Å². The maximum Gasteiger partial charge on any atom is 0.416 e. The van der Waals surface area contributed by atoms with Crippen LogP contribution in [0.4, 0.5) is 18.9 Å². The van der Waals surface area contributed by atoms with Crippen LogP contribution in [0.2, 0.25) is 5.02 Å². The second-order valence-corrected chi connectivity index (χ2v) is 6.22. The zero-order chi connectivity index (χ0) is 20.3. The lowest BCUT2D eigenvalue weighted by Gasteiger charge is -2.15. The van der Waals surface area contributed by atoms with Gasteiger partial charge in [0.25, 0.3) is 5.91 Å². The van der Waals surface area contributed by atoms with E-state index >= 15 is 0 Å². The summed E-state index contributed by atoms with van der Waals surface area (Å²) >= 11 is 5.93. The average molecular weight is 411 g/mol. The SMILES string of the molecule is Cc1cc(OCC(=O)Nc2cc(C(F)(F)F)ccc2-n2cncn2)ccc1Cl. The van der Waals surface area contributed by atoms with E-state index in [9.17, 15) is 18.0 Å². The van der Waals surface area contributed by atoms with Gasteiger partial charge in [0.05, 0.1) is 16.9 Å². The molecule has 0 unspecified atom stereocenters. The molecule has 0 spiro atoms. The molecular formula is C18H14ClF3N4O2. The number of carbonyl (C=O) groups excluding carboxylic acids is 1. The number of hydrogen-bond acceptors (Lipinski definition) is 4. The predicted molar refractivity (Wildman–Crippen MR) is 96.7 cm³/mol. The first-order chi connectivity index (χ1) is 13.2. The number of halogens is 4. The number of anilines is 1. The Morgan fingerprint density at radius 1 is 1.25 bits per heavy atom. The molecule has 0 bridgehead atoms. The number of alkyl halides is 3. The lowest BCUT2D eigenvalue weighted by Crippen LogP contribution is -2.21. The largest absolute Gasteiger partial charge is 0.484 e. The molecule has 1 N–H and O–H groups in total. The number of ether oxygens (including phenoxy) is 1. The number of benzene rings is 2. The van der Waals surface area contributed by atoms with Crippen molar-refractivity contribution in [2.45, 2.75) is 13.1 Å². The van der Waals surface area contributed by atoms with Gasteiger partial charge in [-0.15, -0.1) is 0 Å². The summed E-state index contributed by atoms with van der Waals surface area (Å²) in [5, 5.41) is 6.87. The molecule has 1 aromatic heterocycles. The highest BCUT2D eigenvalue weighted by Gasteiger charge is 2.31. The highest BCUT2D eigenvalue weighted by Crippen LogP contribution is 2.33. The Bertz CT molecular complexity index is 991. The van der Waals surface area contributed by atoms with E-state index in [2.05, 4.69) is 15.4 Å². The fraction of sp³-hybridized carbons (Fsp3) is 0.167. The minimum absolute atomic E-state index is 0.0683. The molecular weight excluding hydrogens is 397 g/mol. The highest BCUT2D eigenvalue weighted by atomic mass is 35.5. The summed E-state index contributed by atoms with van der Waals surface area (Å²) in [4.78, 5) is 16.0. The molecule has 2 aromatic carbocycles. The summed E-state index contributed by atoms with van der Waals surface area (Å²) in [7, 11) is 0.